The first-order valence-electron chi connectivity index (χ1n) is 7.73. The molecule has 2 aromatic rings. The molecule has 1 nitrogen and oxygen atoms in total. The van der Waals surface area contributed by atoms with E-state index in [1.54, 1.807) is 0 Å². The third-order valence-corrected chi connectivity index (χ3v) is 5.65. The molecule has 0 atom stereocenters. The molecule has 2 aliphatic carbocycles. The first kappa shape index (κ1) is 12.0. The molecule has 2 N–H and O–H groups in total. The second-order valence-corrected chi connectivity index (χ2v) is 6.41. The van der Waals surface area contributed by atoms with Crippen LogP contribution in [0.3, 0.4) is 0 Å². The fraction of sp³-hybridized carbons (Fsp3) is 0.368. The molecule has 0 aliphatic heterocycles. The molecule has 2 aliphatic rings. The van der Waals surface area contributed by atoms with Gasteiger partial charge in [0.1, 0.15) is 0 Å². The minimum atomic E-state index is 0.245. The lowest BCUT2D eigenvalue weighted by molar-refractivity contribution is 0.390. The number of rotatable bonds is 2. The van der Waals surface area contributed by atoms with Gasteiger partial charge in [-0.3, -0.25) is 0 Å². The minimum Gasteiger partial charge on any atom is -0.399 e. The topological polar surface area (TPSA) is 26.0 Å². The number of hydrogen-bond acceptors (Lipinski definition) is 1. The number of nitrogens with two attached hydrogens (primary N) is 1. The molecule has 0 unspecified atom stereocenters. The predicted octanol–water partition coefficient (Wildman–Crippen LogP) is 4.37. The SMILES string of the molecule is Nc1ccc(C2(c3ccccc3)C3CCC2CC3)cc1. The van der Waals surface area contributed by atoms with Gasteiger partial charge in [0.15, 0.2) is 0 Å². The van der Waals surface area contributed by atoms with Crippen LogP contribution in [0.1, 0.15) is 36.8 Å². The summed E-state index contributed by atoms with van der Waals surface area (Å²) in [5.74, 6) is 1.61. The van der Waals surface area contributed by atoms with E-state index in [1.165, 1.54) is 36.8 Å². The van der Waals surface area contributed by atoms with Crippen molar-refractivity contribution < 1.29 is 0 Å². The van der Waals surface area contributed by atoms with Crippen LogP contribution in [0.2, 0.25) is 0 Å². The van der Waals surface area contributed by atoms with E-state index in [4.69, 9.17) is 5.73 Å². The van der Waals surface area contributed by atoms with Crippen molar-refractivity contribution in [3.63, 3.8) is 0 Å². The third-order valence-electron chi connectivity index (χ3n) is 5.65. The molecule has 1 heteroatoms. The smallest absolute Gasteiger partial charge is 0.0314 e. The molecule has 0 saturated heterocycles. The maximum Gasteiger partial charge on any atom is 0.0314 e. The lowest BCUT2D eigenvalue weighted by Crippen LogP contribution is -2.33. The van der Waals surface area contributed by atoms with Gasteiger partial charge in [-0.15, -0.1) is 0 Å². The average Bonchev–Trinajstić information content (AvgIpc) is 3.05. The molecule has 0 radical (unpaired) electrons. The summed E-state index contributed by atoms with van der Waals surface area (Å²) in [6.07, 6.45) is 5.52. The van der Waals surface area contributed by atoms with Gasteiger partial charge in [-0.2, -0.15) is 0 Å². The number of benzene rings is 2. The third kappa shape index (κ3) is 1.49. The van der Waals surface area contributed by atoms with Crippen molar-refractivity contribution >= 4 is 5.69 Å². The molecule has 0 amide bonds. The zero-order valence-corrected chi connectivity index (χ0v) is 11.8. The van der Waals surface area contributed by atoms with Gasteiger partial charge < -0.3 is 5.73 Å². The zero-order valence-electron chi connectivity index (χ0n) is 11.8. The fourth-order valence-electron chi connectivity index (χ4n) is 4.92. The second-order valence-electron chi connectivity index (χ2n) is 6.41. The predicted molar refractivity (Wildman–Crippen MR) is 83.5 cm³/mol. The Hall–Kier alpha value is -1.76. The van der Waals surface area contributed by atoms with Gasteiger partial charge >= 0.3 is 0 Å². The molecule has 2 aromatic carbocycles. The van der Waals surface area contributed by atoms with Gasteiger partial charge in [0, 0.05) is 11.1 Å². The van der Waals surface area contributed by atoms with Crippen LogP contribution in [0.5, 0.6) is 0 Å². The Labute approximate surface area is 120 Å². The van der Waals surface area contributed by atoms with Crippen molar-refractivity contribution in [1.82, 2.24) is 0 Å². The highest BCUT2D eigenvalue weighted by atomic mass is 14.6. The summed E-state index contributed by atoms with van der Waals surface area (Å²) in [6.45, 7) is 0. The van der Waals surface area contributed by atoms with Crippen LogP contribution in [-0.2, 0) is 5.41 Å². The van der Waals surface area contributed by atoms with Crippen LogP contribution >= 0.6 is 0 Å². The van der Waals surface area contributed by atoms with Crippen molar-refractivity contribution in [2.24, 2.45) is 11.8 Å². The monoisotopic (exact) mass is 263 g/mol. The van der Waals surface area contributed by atoms with Crippen molar-refractivity contribution in [3.8, 4) is 0 Å². The normalized spacial score (nSPS) is 31.6. The number of nitrogen functional groups attached to an aromatic ring is 1. The molecular formula is C19H21N. The number of anilines is 1. The summed E-state index contributed by atoms with van der Waals surface area (Å²) >= 11 is 0. The maximum absolute atomic E-state index is 5.89. The van der Waals surface area contributed by atoms with Crippen LogP contribution < -0.4 is 5.73 Å². The van der Waals surface area contributed by atoms with Gasteiger partial charge in [-0.1, -0.05) is 42.5 Å². The quantitative estimate of drug-likeness (QED) is 0.800. The van der Waals surface area contributed by atoms with Crippen molar-refractivity contribution in [3.05, 3.63) is 65.7 Å². The van der Waals surface area contributed by atoms with Gasteiger partial charge in [-0.05, 0) is 60.8 Å². The first-order valence-corrected chi connectivity index (χ1v) is 7.73. The van der Waals surface area contributed by atoms with Gasteiger partial charge in [-0.25, -0.2) is 0 Å². The molecular weight excluding hydrogens is 242 g/mol. The first-order chi connectivity index (χ1) is 9.81. The van der Waals surface area contributed by atoms with E-state index in [-0.39, 0.29) is 5.41 Å². The van der Waals surface area contributed by atoms with Crippen molar-refractivity contribution in [2.45, 2.75) is 31.1 Å². The molecule has 4 rings (SSSR count). The molecule has 0 spiro atoms. The van der Waals surface area contributed by atoms with E-state index in [0.717, 1.165) is 17.5 Å². The van der Waals surface area contributed by atoms with Crippen LogP contribution in [0.4, 0.5) is 5.69 Å². The Morgan fingerprint density at radius 2 is 1.20 bits per heavy atom. The summed E-state index contributed by atoms with van der Waals surface area (Å²) in [7, 11) is 0. The molecule has 2 bridgehead atoms. The Morgan fingerprint density at radius 3 is 1.75 bits per heavy atom. The van der Waals surface area contributed by atoms with Gasteiger partial charge in [0.2, 0.25) is 0 Å². The van der Waals surface area contributed by atoms with E-state index in [1.807, 2.05) is 0 Å². The van der Waals surface area contributed by atoms with E-state index < -0.39 is 0 Å². The highest BCUT2D eigenvalue weighted by molar-refractivity contribution is 5.48. The largest absolute Gasteiger partial charge is 0.399 e. The molecule has 0 heterocycles. The highest BCUT2D eigenvalue weighted by Gasteiger charge is 2.55. The lowest BCUT2D eigenvalue weighted by Gasteiger charge is -2.36. The Bertz CT molecular complexity index is 579. The van der Waals surface area contributed by atoms with Crippen molar-refractivity contribution in [2.75, 3.05) is 5.73 Å². The lowest BCUT2D eigenvalue weighted by atomic mass is 9.67. The standard InChI is InChI=1S/C19H21N/c20-18-12-10-17(11-13-18)19(14-4-2-1-3-5-14)15-6-7-16(19)9-8-15/h1-5,10-13,15-16H,6-9,20H2. The van der Waals surface area contributed by atoms with Gasteiger partial charge in [0.05, 0.1) is 0 Å². The Balaban J connectivity index is 1.93. The second kappa shape index (κ2) is 4.37. The highest BCUT2D eigenvalue weighted by Crippen LogP contribution is 2.62. The minimum absolute atomic E-state index is 0.245. The molecule has 2 saturated carbocycles. The summed E-state index contributed by atoms with van der Waals surface area (Å²) in [6, 6.07) is 19.8. The molecule has 0 aromatic heterocycles. The summed E-state index contributed by atoms with van der Waals surface area (Å²) in [5, 5.41) is 0. The Kier molecular flexibility index (Phi) is 2.63. The van der Waals surface area contributed by atoms with Crippen LogP contribution in [0.15, 0.2) is 54.6 Å². The van der Waals surface area contributed by atoms with Crippen LogP contribution in [0.25, 0.3) is 0 Å². The van der Waals surface area contributed by atoms with Crippen LogP contribution in [-0.4, -0.2) is 0 Å². The van der Waals surface area contributed by atoms with E-state index >= 15 is 0 Å². The van der Waals surface area contributed by atoms with E-state index in [2.05, 4.69) is 54.6 Å². The zero-order chi connectivity index (χ0) is 13.6. The molecule has 102 valence electrons. The maximum atomic E-state index is 5.89. The summed E-state index contributed by atoms with van der Waals surface area (Å²) in [5.41, 5.74) is 9.98. The molecule has 2 fully saturated rings. The number of fused-ring (bicyclic) bond motifs is 2. The van der Waals surface area contributed by atoms with E-state index in [0.29, 0.717) is 0 Å². The van der Waals surface area contributed by atoms with Gasteiger partial charge in [0.25, 0.3) is 0 Å². The van der Waals surface area contributed by atoms with Crippen molar-refractivity contribution in [1.29, 1.82) is 0 Å². The molecule has 20 heavy (non-hydrogen) atoms. The van der Waals surface area contributed by atoms with E-state index in [9.17, 15) is 0 Å². The summed E-state index contributed by atoms with van der Waals surface area (Å²) in [4.78, 5) is 0. The Morgan fingerprint density at radius 1 is 0.700 bits per heavy atom. The van der Waals surface area contributed by atoms with Crippen LogP contribution in [0, 0.1) is 11.8 Å². The average molecular weight is 263 g/mol. The fourth-order valence-corrected chi connectivity index (χ4v) is 4.92. The number of hydrogen-bond donors (Lipinski definition) is 1. The summed E-state index contributed by atoms with van der Waals surface area (Å²) < 4.78 is 0.